The van der Waals surface area contributed by atoms with Gasteiger partial charge < -0.3 is 24.5 Å². The van der Waals surface area contributed by atoms with E-state index in [1.54, 1.807) is 11.3 Å². The first kappa shape index (κ1) is 19.1. The molecule has 150 valence electrons. The normalized spacial score (nSPS) is 29.0. The van der Waals surface area contributed by atoms with Crippen LogP contribution in [0.2, 0.25) is 0 Å². The second kappa shape index (κ2) is 7.66. The van der Waals surface area contributed by atoms with Crippen LogP contribution in [0.1, 0.15) is 18.5 Å². The van der Waals surface area contributed by atoms with Gasteiger partial charge in [0.1, 0.15) is 0 Å². The molecule has 3 fully saturated rings. The summed E-state index contributed by atoms with van der Waals surface area (Å²) in [5.41, 5.74) is 0.833. The summed E-state index contributed by atoms with van der Waals surface area (Å²) >= 11 is 1.60. The predicted molar refractivity (Wildman–Crippen MR) is 105 cm³/mol. The van der Waals surface area contributed by atoms with Crippen LogP contribution in [0.4, 0.5) is 5.13 Å². The Hall–Kier alpha value is -1.22. The molecule has 0 aromatic carbocycles. The van der Waals surface area contributed by atoms with Crippen LogP contribution in [0.25, 0.3) is 0 Å². The first-order valence-electron chi connectivity index (χ1n) is 9.82. The van der Waals surface area contributed by atoms with Crippen molar-refractivity contribution in [3.05, 3.63) is 11.1 Å². The smallest absolute Gasteiger partial charge is 0.225 e. The number of carbonyl (C=O) groups is 1. The van der Waals surface area contributed by atoms with Gasteiger partial charge in [-0.05, 0) is 26.9 Å². The fraction of sp³-hybridized carbons (Fsp3) is 0.789. The average Bonchev–Trinajstić information content (AvgIpc) is 3.33. The van der Waals surface area contributed by atoms with Crippen LogP contribution in [-0.4, -0.2) is 85.8 Å². The SMILES string of the molecule is CN(C)CC12CN(C(=O)C3CCOCC3)CC1CN(c1nc(CO)cs1)C2. The summed E-state index contributed by atoms with van der Waals surface area (Å²) < 4.78 is 5.43. The third-order valence-electron chi connectivity index (χ3n) is 6.24. The summed E-state index contributed by atoms with van der Waals surface area (Å²) in [6.45, 7) is 5.92. The highest BCUT2D eigenvalue weighted by molar-refractivity contribution is 7.13. The first-order valence-corrected chi connectivity index (χ1v) is 10.7. The third-order valence-corrected chi connectivity index (χ3v) is 7.19. The summed E-state index contributed by atoms with van der Waals surface area (Å²) in [6.07, 6.45) is 1.71. The molecule has 1 N–H and O–H groups in total. The predicted octanol–water partition coefficient (Wildman–Crippen LogP) is 0.888. The van der Waals surface area contributed by atoms with Crippen LogP contribution in [0.5, 0.6) is 0 Å². The van der Waals surface area contributed by atoms with Gasteiger partial charge in [-0.15, -0.1) is 11.3 Å². The van der Waals surface area contributed by atoms with E-state index in [1.807, 2.05) is 5.38 Å². The van der Waals surface area contributed by atoms with E-state index in [4.69, 9.17) is 4.74 Å². The number of thiazole rings is 1. The largest absolute Gasteiger partial charge is 0.390 e. The minimum absolute atomic E-state index is 0.00993. The number of carbonyl (C=O) groups excluding carboxylic acids is 1. The maximum atomic E-state index is 13.1. The molecule has 1 aromatic rings. The quantitative estimate of drug-likeness (QED) is 0.800. The van der Waals surface area contributed by atoms with Crippen LogP contribution < -0.4 is 4.90 Å². The number of hydrogen-bond acceptors (Lipinski definition) is 7. The first-order chi connectivity index (χ1) is 13.0. The average molecular weight is 395 g/mol. The summed E-state index contributed by atoms with van der Waals surface area (Å²) in [4.78, 5) is 24.4. The van der Waals surface area contributed by atoms with Gasteiger partial charge in [-0.3, -0.25) is 4.79 Å². The number of aromatic nitrogens is 1. The summed E-state index contributed by atoms with van der Waals surface area (Å²) in [7, 11) is 4.23. The number of rotatable bonds is 5. The molecule has 2 atom stereocenters. The number of likely N-dealkylation sites (tertiary alicyclic amines) is 1. The monoisotopic (exact) mass is 394 g/mol. The van der Waals surface area contributed by atoms with Gasteiger partial charge in [0, 0.05) is 68.6 Å². The van der Waals surface area contributed by atoms with E-state index >= 15 is 0 Å². The molecular formula is C19H30N4O3S. The number of nitrogens with zero attached hydrogens (tertiary/aromatic N) is 4. The molecule has 0 radical (unpaired) electrons. The van der Waals surface area contributed by atoms with E-state index in [1.165, 1.54) is 0 Å². The lowest BCUT2D eigenvalue weighted by Crippen LogP contribution is -2.44. The van der Waals surface area contributed by atoms with Gasteiger partial charge in [0.25, 0.3) is 0 Å². The van der Waals surface area contributed by atoms with E-state index in [0.29, 0.717) is 25.0 Å². The molecule has 27 heavy (non-hydrogen) atoms. The molecule has 0 spiro atoms. The fourth-order valence-corrected chi connectivity index (χ4v) is 5.89. The lowest BCUT2D eigenvalue weighted by atomic mass is 9.80. The van der Waals surface area contributed by atoms with Gasteiger partial charge in [0.05, 0.1) is 12.3 Å². The minimum atomic E-state index is -0.00993. The molecular weight excluding hydrogens is 364 g/mol. The van der Waals surface area contributed by atoms with Crippen molar-refractivity contribution in [3.63, 3.8) is 0 Å². The Morgan fingerprint density at radius 1 is 1.37 bits per heavy atom. The number of ether oxygens (including phenoxy) is 1. The van der Waals surface area contributed by atoms with Crippen LogP contribution in [0.15, 0.2) is 5.38 Å². The molecule has 3 aliphatic rings. The number of amides is 1. The van der Waals surface area contributed by atoms with Crippen molar-refractivity contribution in [3.8, 4) is 0 Å². The number of aliphatic hydroxyl groups excluding tert-OH is 1. The lowest BCUT2D eigenvalue weighted by Gasteiger charge is -2.33. The highest BCUT2D eigenvalue weighted by Crippen LogP contribution is 2.45. The maximum absolute atomic E-state index is 13.1. The number of anilines is 1. The standard InChI is InChI=1S/C19H30N4O3S/c1-21(2)11-19-12-22(17(25)14-3-5-26-6-4-14)7-15(19)8-23(13-19)18-20-16(9-24)10-27-18/h10,14-15,24H,3-9,11-13H2,1-2H3. The van der Waals surface area contributed by atoms with Crippen molar-refractivity contribution >= 4 is 22.4 Å². The topological polar surface area (TPSA) is 69.1 Å². The molecule has 2 unspecified atom stereocenters. The fourth-order valence-electron chi connectivity index (χ4n) is 5.06. The Kier molecular flexibility index (Phi) is 5.42. The van der Waals surface area contributed by atoms with Crippen molar-refractivity contribution in [1.82, 2.24) is 14.8 Å². The van der Waals surface area contributed by atoms with Crippen LogP contribution in [0.3, 0.4) is 0 Å². The molecule has 4 rings (SSSR count). The van der Waals surface area contributed by atoms with Crippen LogP contribution in [0, 0.1) is 17.3 Å². The van der Waals surface area contributed by atoms with Gasteiger partial charge in [0.15, 0.2) is 5.13 Å². The van der Waals surface area contributed by atoms with Crippen molar-refractivity contribution in [2.45, 2.75) is 19.4 Å². The molecule has 1 amide bonds. The highest BCUT2D eigenvalue weighted by Gasteiger charge is 2.54. The Morgan fingerprint density at radius 2 is 2.15 bits per heavy atom. The Balaban J connectivity index is 1.49. The van der Waals surface area contributed by atoms with Gasteiger partial charge in [-0.2, -0.15) is 0 Å². The van der Waals surface area contributed by atoms with Gasteiger partial charge in [0.2, 0.25) is 5.91 Å². The molecule has 7 nitrogen and oxygen atoms in total. The lowest BCUT2D eigenvalue weighted by molar-refractivity contribution is -0.138. The van der Waals surface area contributed by atoms with E-state index in [9.17, 15) is 9.90 Å². The molecule has 3 saturated heterocycles. The summed E-state index contributed by atoms with van der Waals surface area (Å²) in [6, 6.07) is 0. The zero-order chi connectivity index (χ0) is 19.0. The van der Waals surface area contributed by atoms with E-state index in [0.717, 1.165) is 56.4 Å². The second-order valence-electron chi connectivity index (χ2n) is 8.56. The number of fused-ring (bicyclic) bond motifs is 1. The van der Waals surface area contributed by atoms with Gasteiger partial charge >= 0.3 is 0 Å². The van der Waals surface area contributed by atoms with Gasteiger partial charge in [-0.25, -0.2) is 4.98 Å². The molecule has 0 aliphatic carbocycles. The third kappa shape index (κ3) is 3.72. The zero-order valence-corrected chi connectivity index (χ0v) is 17.1. The maximum Gasteiger partial charge on any atom is 0.225 e. The molecule has 4 heterocycles. The molecule has 0 bridgehead atoms. The van der Waals surface area contributed by atoms with E-state index < -0.39 is 0 Å². The molecule has 3 aliphatic heterocycles. The van der Waals surface area contributed by atoms with Gasteiger partial charge in [-0.1, -0.05) is 0 Å². The second-order valence-corrected chi connectivity index (χ2v) is 9.40. The Bertz CT molecular complexity index is 676. The molecule has 8 heteroatoms. The van der Waals surface area contributed by atoms with Crippen molar-refractivity contribution < 1.29 is 14.6 Å². The van der Waals surface area contributed by atoms with E-state index in [2.05, 4.69) is 33.8 Å². The zero-order valence-electron chi connectivity index (χ0n) is 16.3. The highest BCUT2D eigenvalue weighted by atomic mass is 32.1. The van der Waals surface area contributed by atoms with Crippen molar-refractivity contribution in [2.24, 2.45) is 17.3 Å². The van der Waals surface area contributed by atoms with Crippen molar-refractivity contribution in [1.29, 1.82) is 0 Å². The number of hydrogen-bond donors (Lipinski definition) is 1. The summed E-state index contributed by atoms with van der Waals surface area (Å²) in [5.74, 6) is 0.926. The molecule has 0 saturated carbocycles. The number of aliphatic hydroxyl groups is 1. The summed E-state index contributed by atoms with van der Waals surface area (Å²) in [5, 5.41) is 12.2. The molecule has 1 aromatic heterocycles. The van der Waals surface area contributed by atoms with Crippen LogP contribution >= 0.6 is 11.3 Å². The Labute approximate surface area is 164 Å². The van der Waals surface area contributed by atoms with Crippen LogP contribution in [-0.2, 0) is 16.1 Å². The minimum Gasteiger partial charge on any atom is -0.390 e. The van der Waals surface area contributed by atoms with Crippen molar-refractivity contribution in [2.75, 3.05) is 64.9 Å². The van der Waals surface area contributed by atoms with E-state index in [-0.39, 0.29) is 17.9 Å². The Morgan fingerprint density at radius 3 is 2.81 bits per heavy atom.